The average Bonchev–Trinajstić information content (AvgIpc) is 2.43. The minimum atomic E-state index is -0.647. The molecule has 1 aromatic carbocycles. The third-order valence-corrected chi connectivity index (χ3v) is 4.04. The molecule has 100 valence electrons. The number of aliphatic hydroxyl groups excluding tert-OH is 1. The molecule has 0 fully saturated rings. The summed E-state index contributed by atoms with van der Waals surface area (Å²) in [5.74, 6) is 1.26. The molecule has 1 aliphatic rings. The highest BCUT2D eigenvalue weighted by atomic mass is 32.2. The molecule has 3 nitrogen and oxygen atoms in total. The molecule has 1 atom stereocenters. The van der Waals surface area contributed by atoms with E-state index in [9.17, 15) is 5.11 Å². The highest BCUT2D eigenvalue weighted by molar-refractivity contribution is 8.03. The number of methoxy groups -OCH3 is 2. The normalized spacial score (nSPS) is 20.1. The van der Waals surface area contributed by atoms with Crippen molar-refractivity contribution in [2.75, 3.05) is 14.2 Å². The first kappa shape index (κ1) is 13.8. The minimum absolute atomic E-state index is 0.535. The molecule has 1 aliphatic heterocycles. The maximum Gasteiger partial charge on any atom is 0.130 e. The van der Waals surface area contributed by atoms with Gasteiger partial charge in [0.25, 0.3) is 0 Å². The highest BCUT2D eigenvalue weighted by Gasteiger charge is 2.25. The lowest BCUT2D eigenvalue weighted by Gasteiger charge is -2.25. The Bertz CT molecular complexity index is 561. The van der Waals surface area contributed by atoms with Crippen molar-refractivity contribution in [3.05, 3.63) is 59.2 Å². The van der Waals surface area contributed by atoms with Gasteiger partial charge in [0.05, 0.1) is 14.2 Å². The van der Waals surface area contributed by atoms with Gasteiger partial charge in [-0.2, -0.15) is 0 Å². The van der Waals surface area contributed by atoms with Crippen LogP contribution in [0, 0.1) is 0 Å². The molecule has 1 N–H and O–H groups in total. The molecule has 0 saturated carbocycles. The summed E-state index contributed by atoms with van der Waals surface area (Å²) in [6.45, 7) is 7.83. The second-order valence-corrected chi connectivity index (χ2v) is 5.20. The number of aliphatic hydroxyl groups is 1. The summed E-state index contributed by atoms with van der Waals surface area (Å²) in [6.07, 6.45) is 1.78. The predicted molar refractivity (Wildman–Crippen MR) is 78.8 cm³/mol. The number of thioether (sulfide) groups is 1. The quantitative estimate of drug-likeness (QED) is 0.858. The number of hydrogen-bond acceptors (Lipinski definition) is 4. The summed E-state index contributed by atoms with van der Waals surface area (Å²) < 4.78 is 10.2. The van der Waals surface area contributed by atoms with E-state index in [1.165, 1.54) is 11.8 Å². The van der Waals surface area contributed by atoms with Crippen molar-refractivity contribution in [3.8, 4) is 5.75 Å². The summed E-state index contributed by atoms with van der Waals surface area (Å²) in [7, 11) is 3.16. The maximum atomic E-state index is 10.2. The van der Waals surface area contributed by atoms with E-state index in [1.807, 2.05) is 18.2 Å². The molecule has 1 unspecified atom stereocenters. The number of rotatable bonds is 3. The van der Waals surface area contributed by atoms with Gasteiger partial charge in [0.1, 0.15) is 16.9 Å². The van der Waals surface area contributed by atoms with Crippen molar-refractivity contribution < 1.29 is 14.6 Å². The first-order chi connectivity index (χ1) is 9.06. The zero-order chi connectivity index (χ0) is 14.0. The number of allylic oxidation sites excluding steroid dienone is 2. The highest BCUT2D eigenvalue weighted by Crippen LogP contribution is 2.48. The van der Waals surface area contributed by atoms with Crippen LogP contribution >= 0.6 is 11.8 Å². The Morgan fingerprint density at radius 1 is 1.42 bits per heavy atom. The van der Waals surface area contributed by atoms with E-state index in [0.717, 1.165) is 27.4 Å². The fraction of sp³-hybridized carbons (Fsp3) is 0.200. The second-order valence-electron chi connectivity index (χ2n) is 4.08. The minimum Gasteiger partial charge on any atom is -0.497 e. The summed E-state index contributed by atoms with van der Waals surface area (Å²) in [5.41, 5.74) is 1.94. The van der Waals surface area contributed by atoms with E-state index in [4.69, 9.17) is 9.47 Å². The standard InChI is InChI=1S/C15H16O3S/c1-9(17-3)7-14-10(2)12-6-5-11(18-4)8-13(12)15(16)19-14/h5-8,15-16H,1-2H2,3-4H3/b14-7+. The van der Waals surface area contributed by atoms with Crippen LogP contribution in [0.3, 0.4) is 0 Å². The number of hydrogen-bond donors (Lipinski definition) is 1. The van der Waals surface area contributed by atoms with Crippen molar-refractivity contribution in [3.63, 3.8) is 0 Å². The Morgan fingerprint density at radius 3 is 2.79 bits per heavy atom. The van der Waals surface area contributed by atoms with Crippen molar-refractivity contribution >= 4 is 17.3 Å². The van der Waals surface area contributed by atoms with Crippen molar-refractivity contribution in [1.82, 2.24) is 0 Å². The van der Waals surface area contributed by atoms with Gasteiger partial charge < -0.3 is 14.6 Å². The fourth-order valence-corrected chi connectivity index (χ4v) is 2.88. The third-order valence-electron chi connectivity index (χ3n) is 2.94. The predicted octanol–water partition coefficient (Wildman–Crippen LogP) is 3.49. The van der Waals surface area contributed by atoms with Gasteiger partial charge in [0, 0.05) is 10.5 Å². The van der Waals surface area contributed by atoms with Crippen LogP contribution in [0.2, 0.25) is 0 Å². The lowest BCUT2D eigenvalue weighted by molar-refractivity contribution is 0.269. The van der Waals surface area contributed by atoms with Gasteiger partial charge in [-0.15, -0.1) is 0 Å². The van der Waals surface area contributed by atoms with Crippen LogP contribution < -0.4 is 4.74 Å². The van der Waals surface area contributed by atoms with Gasteiger partial charge in [0.2, 0.25) is 0 Å². The molecule has 1 aromatic rings. The molecule has 19 heavy (non-hydrogen) atoms. The van der Waals surface area contributed by atoms with Crippen LogP contribution in [0.25, 0.3) is 5.57 Å². The van der Waals surface area contributed by atoms with Crippen molar-refractivity contribution in [1.29, 1.82) is 0 Å². The molecule has 0 bridgehead atoms. The van der Waals surface area contributed by atoms with Crippen LogP contribution in [-0.4, -0.2) is 19.3 Å². The van der Waals surface area contributed by atoms with E-state index in [2.05, 4.69) is 13.2 Å². The van der Waals surface area contributed by atoms with Gasteiger partial charge in [-0.05, 0) is 29.3 Å². The first-order valence-corrected chi connectivity index (χ1v) is 6.61. The third kappa shape index (κ3) is 2.69. The molecule has 4 heteroatoms. The Kier molecular flexibility index (Phi) is 4.02. The topological polar surface area (TPSA) is 38.7 Å². The van der Waals surface area contributed by atoms with E-state index in [-0.39, 0.29) is 0 Å². The van der Waals surface area contributed by atoms with Crippen LogP contribution in [0.1, 0.15) is 16.6 Å². The summed E-state index contributed by atoms with van der Waals surface area (Å²) in [4.78, 5) is 0.858. The van der Waals surface area contributed by atoms with Gasteiger partial charge in [-0.3, -0.25) is 0 Å². The lowest BCUT2D eigenvalue weighted by atomic mass is 9.99. The van der Waals surface area contributed by atoms with E-state index in [1.54, 1.807) is 20.3 Å². The zero-order valence-electron chi connectivity index (χ0n) is 11.0. The lowest BCUT2D eigenvalue weighted by Crippen LogP contribution is -2.06. The van der Waals surface area contributed by atoms with Gasteiger partial charge in [-0.25, -0.2) is 0 Å². The number of ether oxygens (including phenoxy) is 2. The molecule has 0 aliphatic carbocycles. The van der Waals surface area contributed by atoms with Gasteiger partial charge in [-0.1, -0.05) is 31.0 Å². The van der Waals surface area contributed by atoms with Gasteiger partial charge in [0.15, 0.2) is 0 Å². The molecule has 0 saturated heterocycles. The second kappa shape index (κ2) is 5.55. The van der Waals surface area contributed by atoms with E-state index < -0.39 is 5.44 Å². The molecule has 0 aromatic heterocycles. The molecule has 1 heterocycles. The number of fused-ring (bicyclic) bond motifs is 1. The molecule has 0 radical (unpaired) electrons. The molecule has 0 amide bonds. The Balaban J connectivity index is 2.44. The average molecular weight is 276 g/mol. The SMILES string of the molecule is C=C(/C=C1/SC(O)c2cc(OC)ccc2C1=C)OC. The number of benzene rings is 1. The van der Waals surface area contributed by atoms with Crippen LogP contribution in [0.4, 0.5) is 0 Å². The van der Waals surface area contributed by atoms with Crippen molar-refractivity contribution in [2.45, 2.75) is 5.44 Å². The Morgan fingerprint density at radius 2 is 2.16 bits per heavy atom. The molecular weight excluding hydrogens is 260 g/mol. The maximum absolute atomic E-state index is 10.2. The molecule has 0 spiro atoms. The van der Waals surface area contributed by atoms with Crippen LogP contribution in [0.5, 0.6) is 5.75 Å². The Hall–Kier alpha value is -1.65. The monoisotopic (exact) mass is 276 g/mol. The first-order valence-electron chi connectivity index (χ1n) is 5.73. The molecule has 2 rings (SSSR count). The summed E-state index contributed by atoms with van der Waals surface area (Å²) in [5, 5.41) is 10.2. The zero-order valence-corrected chi connectivity index (χ0v) is 11.8. The van der Waals surface area contributed by atoms with Gasteiger partial charge >= 0.3 is 0 Å². The van der Waals surface area contributed by atoms with Crippen LogP contribution in [-0.2, 0) is 4.74 Å². The van der Waals surface area contributed by atoms with Crippen molar-refractivity contribution in [2.24, 2.45) is 0 Å². The van der Waals surface area contributed by atoms with Crippen LogP contribution in [0.15, 0.2) is 48.1 Å². The summed E-state index contributed by atoms with van der Waals surface area (Å²) in [6, 6.07) is 5.60. The Labute approximate surface area is 117 Å². The largest absolute Gasteiger partial charge is 0.497 e. The fourth-order valence-electron chi connectivity index (χ4n) is 1.86. The van der Waals surface area contributed by atoms with E-state index >= 15 is 0 Å². The molecular formula is C15H16O3S. The summed E-state index contributed by atoms with van der Waals surface area (Å²) >= 11 is 1.32. The smallest absolute Gasteiger partial charge is 0.130 e. The van der Waals surface area contributed by atoms with E-state index in [0.29, 0.717) is 5.76 Å².